The van der Waals surface area contributed by atoms with E-state index in [9.17, 15) is 23.6 Å². The van der Waals surface area contributed by atoms with E-state index in [1.54, 1.807) is 36.5 Å². The van der Waals surface area contributed by atoms with Crippen molar-refractivity contribution in [3.05, 3.63) is 102 Å². The Balaban J connectivity index is 1.71. The van der Waals surface area contributed by atoms with Gasteiger partial charge in [-0.05, 0) is 47.7 Å². The fourth-order valence-electron chi connectivity index (χ4n) is 4.11. The minimum atomic E-state index is -1.12. The molecule has 41 heavy (non-hydrogen) atoms. The molecule has 0 aliphatic rings. The summed E-state index contributed by atoms with van der Waals surface area (Å²) >= 11 is 0. The van der Waals surface area contributed by atoms with Crippen LogP contribution < -0.4 is 16.0 Å². The van der Waals surface area contributed by atoms with Gasteiger partial charge in [0, 0.05) is 24.7 Å². The van der Waals surface area contributed by atoms with Gasteiger partial charge in [0.15, 0.2) is 0 Å². The number of ether oxygens (including phenoxy) is 1. The Bertz CT molecular complexity index is 1270. The van der Waals surface area contributed by atoms with E-state index in [4.69, 9.17) is 4.74 Å². The summed E-state index contributed by atoms with van der Waals surface area (Å²) in [7, 11) is 0. The van der Waals surface area contributed by atoms with Crippen LogP contribution in [-0.2, 0) is 38.6 Å². The van der Waals surface area contributed by atoms with Gasteiger partial charge in [0.25, 0.3) is 0 Å². The number of pyridine rings is 1. The first-order valence-corrected chi connectivity index (χ1v) is 13.4. The number of aldehydes is 1. The van der Waals surface area contributed by atoms with Gasteiger partial charge >= 0.3 is 6.09 Å². The molecule has 216 valence electrons. The Hall–Kier alpha value is -4.60. The van der Waals surface area contributed by atoms with Crippen LogP contribution >= 0.6 is 0 Å². The summed E-state index contributed by atoms with van der Waals surface area (Å²) in [5, 5.41) is 7.98. The number of benzene rings is 2. The number of carbonyl (C=O) groups is 4. The fourth-order valence-corrected chi connectivity index (χ4v) is 4.11. The van der Waals surface area contributed by atoms with Crippen LogP contribution in [0.1, 0.15) is 37.1 Å². The molecule has 3 amide bonds. The Kier molecular flexibility index (Phi) is 12.0. The average molecular weight is 563 g/mol. The van der Waals surface area contributed by atoms with E-state index in [0.29, 0.717) is 17.5 Å². The van der Waals surface area contributed by atoms with Gasteiger partial charge < -0.3 is 25.5 Å². The molecule has 9 nitrogen and oxygen atoms in total. The smallest absolute Gasteiger partial charge is 0.408 e. The molecule has 3 aromatic rings. The van der Waals surface area contributed by atoms with Crippen LogP contribution in [0.15, 0.2) is 79.0 Å². The summed E-state index contributed by atoms with van der Waals surface area (Å²) in [6, 6.07) is 16.9. The molecule has 1 aromatic heterocycles. The predicted molar refractivity (Wildman–Crippen MR) is 151 cm³/mol. The summed E-state index contributed by atoms with van der Waals surface area (Å²) in [6.07, 6.45) is 1.91. The van der Waals surface area contributed by atoms with Gasteiger partial charge in [-0.2, -0.15) is 0 Å². The molecule has 3 N–H and O–H groups in total. The molecule has 0 bridgehead atoms. The molecule has 2 aromatic carbocycles. The molecule has 3 rings (SSSR count). The molecule has 10 heteroatoms. The Labute approximate surface area is 238 Å². The molecule has 0 fully saturated rings. The molecule has 1 unspecified atom stereocenters. The lowest BCUT2D eigenvalue weighted by molar-refractivity contribution is -0.131. The summed E-state index contributed by atoms with van der Waals surface area (Å²) in [6.45, 7) is 3.79. The SMILES string of the molecule is CC(C)C[C@H](NC(=O)[C@H](Cc1ccc(F)cc1)NC(=O)OCc1ccccc1)C(=O)NC(C=O)Cc1ccccn1. The summed E-state index contributed by atoms with van der Waals surface area (Å²) in [5.74, 6) is -1.57. The highest BCUT2D eigenvalue weighted by Gasteiger charge is 2.29. The number of hydrogen-bond donors (Lipinski definition) is 3. The van der Waals surface area contributed by atoms with Gasteiger partial charge in [-0.3, -0.25) is 14.6 Å². The zero-order chi connectivity index (χ0) is 29.6. The largest absolute Gasteiger partial charge is 0.445 e. The fraction of sp³-hybridized carbons (Fsp3) is 0.323. The van der Waals surface area contributed by atoms with E-state index in [-0.39, 0.29) is 31.8 Å². The monoisotopic (exact) mass is 562 g/mol. The van der Waals surface area contributed by atoms with Crippen LogP contribution in [0.5, 0.6) is 0 Å². The Morgan fingerprint density at radius 2 is 1.51 bits per heavy atom. The van der Waals surface area contributed by atoms with Gasteiger partial charge in [-0.25, -0.2) is 9.18 Å². The molecular weight excluding hydrogens is 527 g/mol. The van der Waals surface area contributed by atoms with Gasteiger partial charge in [-0.1, -0.05) is 62.4 Å². The number of carbonyl (C=O) groups excluding carboxylic acids is 4. The number of aromatic nitrogens is 1. The maximum absolute atomic E-state index is 13.5. The molecular formula is C31H35FN4O5. The van der Waals surface area contributed by atoms with Crippen LogP contribution in [0.25, 0.3) is 0 Å². The minimum absolute atomic E-state index is 0.000698. The Morgan fingerprint density at radius 1 is 0.829 bits per heavy atom. The predicted octanol–water partition coefficient (Wildman–Crippen LogP) is 3.52. The lowest BCUT2D eigenvalue weighted by atomic mass is 10.0. The summed E-state index contributed by atoms with van der Waals surface area (Å²) in [4.78, 5) is 55.2. The third kappa shape index (κ3) is 10.8. The van der Waals surface area contributed by atoms with Crippen LogP contribution in [0.4, 0.5) is 9.18 Å². The molecule has 0 aliphatic carbocycles. The van der Waals surface area contributed by atoms with Crippen LogP contribution in [-0.4, -0.2) is 47.3 Å². The maximum atomic E-state index is 13.5. The van der Waals surface area contributed by atoms with Crippen LogP contribution in [0.3, 0.4) is 0 Å². The van der Waals surface area contributed by atoms with Crippen molar-refractivity contribution in [1.29, 1.82) is 0 Å². The number of rotatable bonds is 14. The lowest BCUT2D eigenvalue weighted by Gasteiger charge is -2.25. The Morgan fingerprint density at radius 3 is 2.15 bits per heavy atom. The van der Waals surface area contributed by atoms with Crippen molar-refractivity contribution in [1.82, 2.24) is 20.9 Å². The number of amides is 3. The van der Waals surface area contributed by atoms with Gasteiger partial charge in [-0.15, -0.1) is 0 Å². The summed E-state index contributed by atoms with van der Waals surface area (Å²) in [5.41, 5.74) is 1.99. The first kappa shape index (κ1) is 30.9. The molecule has 0 saturated carbocycles. The topological polar surface area (TPSA) is 126 Å². The first-order valence-electron chi connectivity index (χ1n) is 13.4. The zero-order valence-corrected chi connectivity index (χ0v) is 23.1. The average Bonchev–Trinajstić information content (AvgIpc) is 2.97. The highest BCUT2D eigenvalue weighted by atomic mass is 19.1. The van der Waals surface area contributed by atoms with Crippen molar-refractivity contribution in [2.24, 2.45) is 5.92 Å². The molecule has 0 spiro atoms. The van der Waals surface area contributed by atoms with Crippen molar-refractivity contribution < 1.29 is 28.3 Å². The van der Waals surface area contributed by atoms with Gasteiger partial charge in [0.2, 0.25) is 11.8 Å². The number of halogens is 1. The van der Waals surface area contributed by atoms with E-state index >= 15 is 0 Å². The van der Waals surface area contributed by atoms with Crippen molar-refractivity contribution in [2.45, 2.75) is 57.8 Å². The minimum Gasteiger partial charge on any atom is -0.445 e. The van der Waals surface area contributed by atoms with E-state index in [1.807, 2.05) is 32.0 Å². The van der Waals surface area contributed by atoms with Gasteiger partial charge in [0.05, 0.1) is 6.04 Å². The second kappa shape index (κ2) is 15.9. The van der Waals surface area contributed by atoms with E-state index in [0.717, 1.165) is 5.56 Å². The van der Waals surface area contributed by atoms with Gasteiger partial charge in [0.1, 0.15) is 30.8 Å². The normalized spacial score (nSPS) is 13.0. The third-order valence-corrected chi connectivity index (χ3v) is 6.16. The molecule has 0 aliphatic heterocycles. The number of hydrogen-bond acceptors (Lipinski definition) is 6. The number of alkyl carbamates (subject to hydrolysis) is 1. The van der Waals surface area contributed by atoms with E-state index in [1.165, 1.54) is 24.3 Å². The number of nitrogens with one attached hydrogen (secondary N) is 3. The third-order valence-electron chi connectivity index (χ3n) is 6.16. The van der Waals surface area contributed by atoms with Crippen molar-refractivity contribution in [2.75, 3.05) is 0 Å². The quantitative estimate of drug-likeness (QED) is 0.258. The van der Waals surface area contributed by atoms with Crippen molar-refractivity contribution >= 4 is 24.2 Å². The maximum Gasteiger partial charge on any atom is 0.408 e. The molecule has 0 radical (unpaired) electrons. The highest BCUT2D eigenvalue weighted by Crippen LogP contribution is 2.10. The molecule has 0 saturated heterocycles. The van der Waals surface area contributed by atoms with Crippen LogP contribution in [0.2, 0.25) is 0 Å². The second-order valence-corrected chi connectivity index (χ2v) is 10.1. The standard InChI is InChI=1S/C31H35FN4O5/c1-21(2)16-27(29(38)34-26(19-37)18-25-10-6-7-15-33-25)35-30(39)28(17-22-11-13-24(32)14-12-22)36-31(40)41-20-23-8-4-3-5-9-23/h3-15,19,21,26-28H,16-18,20H2,1-2H3,(H,34,38)(H,35,39)(H,36,40)/t26?,27-,28-/m0/s1. The highest BCUT2D eigenvalue weighted by molar-refractivity contribution is 5.92. The second-order valence-electron chi connectivity index (χ2n) is 10.1. The van der Waals surface area contributed by atoms with Crippen molar-refractivity contribution in [3.63, 3.8) is 0 Å². The zero-order valence-electron chi connectivity index (χ0n) is 23.1. The molecule has 3 atom stereocenters. The van der Waals surface area contributed by atoms with Crippen LogP contribution in [0, 0.1) is 11.7 Å². The molecule has 1 heterocycles. The first-order chi connectivity index (χ1) is 19.7. The van der Waals surface area contributed by atoms with E-state index < -0.39 is 41.9 Å². The van der Waals surface area contributed by atoms with Crippen molar-refractivity contribution in [3.8, 4) is 0 Å². The van der Waals surface area contributed by atoms with E-state index in [2.05, 4.69) is 20.9 Å². The number of nitrogens with zero attached hydrogens (tertiary/aromatic N) is 1. The lowest BCUT2D eigenvalue weighted by Crippen LogP contribution is -2.56. The summed E-state index contributed by atoms with van der Waals surface area (Å²) < 4.78 is 18.8.